The first kappa shape index (κ1) is 47.8. The molecule has 0 fully saturated rings. The van der Waals surface area contributed by atoms with E-state index in [1.165, 1.54) is 167 Å². The molecule has 0 spiro atoms. The van der Waals surface area contributed by atoms with Crippen LogP contribution in [0.25, 0.3) is 0 Å². The summed E-state index contributed by atoms with van der Waals surface area (Å²) in [5.74, 6) is -0.513. The molecule has 290 valence electrons. The molecule has 0 aromatic carbocycles. The summed E-state index contributed by atoms with van der Waals surface area (Å²) in [5.41, 5.74) is 0. The molecule has 0 radical (unpaired) electrons. The highest BCUT2D eigenvalue weighted by atomic mass is 16.3. The fourth-order valence-corrected chi connectivity index (χ4v) is 6.61. The lowest BCUT2D eigenvalue weighted by molar-refractivity contribution is -0.131. The van der Waals surface area contributed by atoms with E-state index < -0.39 is 24.2 Å². The number of aliphatic hydroxyl groups is 3. The van der Waals surface area contributed by atoms with Crippen LogP contribution in [-0.2, 0) is 4.79 Å². The Bertz CT molecular complexity index is 724. The molecule has 0 aliphatic rings. The van der Waals surface area contributed by atoms with Crippen LogP contribution in [0.2, 0.25) is 0 Å². The molecule has 0 bridgehead atoms. The van der Waals surface area contributed by atoms with Crippen molar-refractivity contribution in [2.75, 3.05) is 6.61 Å². The Morgan fingerprint density at radius 2 is 0.837 bits per heavy atom. The maximum absolute atomic E-state index is 12.4. The van der Waals surface area contributed by atoms with Gasteiger partial charge in [0.15, 0.2) is 0 Å². The number of hydrogen-bond acceptors (Lipinski definition) is 4. The van der Waals surface area contributed by atoms with Crippen molar-refractivity contribution in [3.63, 3.8) is 0 Å². The number of hydrogen-bond donors (Lipinski definition) is 4. The van der Waals surface area contributed by atoms with Gasteiger partial charge < -0.3 is 20.6 Å². The lowest BCUT2D eigenvalue weighted by Gasteiger charge is -2.21. The maximum Gasteiger partial charge on any atom is 0.249 e. The maximum atomic E-state index is 12.4. The Balaban J connectivity index is 3.53. The van der Waals surface area contributed by atoms with Gasteiger partial charge in [0.2, 0.25) is 5.91 Å². The average Bonchev–Trinajstić information content (AvgIpc) is 3.11. The van der Waals surface area contributed by atoms with E-state index in [-0.39, 0.29) is 6.61 Å². The van der Waals surface area contributed by atoms with Crippen molar-refractivity contribution in [3.05, 3.63) is 24.3 Å². The van der Waals surface area contributed by atoms with Crippen LogP contribution in [0.1, 0.15) is 226 Å². The molecule has 3 atom stereocenters. The topological polar surface area (TPSA) is 89.8 Å². The van der Waals surface area contributed by atoms with Gasteiger partial charge in [-0.1, -0.05) is 218 Å². The summed E-state index contributed by atoms with van der Waals surface area (Å²) in [6.45, 7) is 4.12. The normalized spacial score (nSPS) is 13.8. The molecule has 0 saturated heterocycles. The van der Waals surface area contributed by atoms with Crippen molar-refractivity contribution in [1.29, 1.82) is 0 Å². The van der Waals surface area contributed by atoms with Gasteiger partial charge in [-0.2, -0.15) is 0 Å². The predicted molar refractivity (Wildman–Crippen MR) is 213 cm³/mol. The van der Waals surface area contributed by atoms with Crippen molar-refractivity contribution in [1.82, 2.24) is 5.32 Å². The first-order chi connectivity index (χ1) is 24.1. The van der Waals surface area contributed by atoms with E-state index in [1.807, 2.05) is 6.08 Å². The number of unbranched alkanes of at least 4 members (excludes halogenated alkanes) is 29. The Hall–Kier alpha value is -1.17. The summed E-state index contributed by atoms with van der Waals surface area (Å²) in [6.07, 6.45) is 48.1. The van der Waals surface area contributed by atoms with E-state index in [9.17, 15) is 20.1 Å². The summed E-state index contributed by atoms with van der Waals surface area (Å²) in [4.78, 5) is 12.4. The third kappa shape index (κ3) is 35.0. The zero-order valence-corrected chi connectivity index (χ0v) is 32.8. The molecule has 5 heteroatoms. The SMILES string of the molecule is CCCCC/C=C/CC/C=C/C(O)C(CO)NC(=O)C(O)CCCCCCCCCCCCCCCCCCCCCCCCCCCC. The second kappa shape index (κ2) is 39.6. The molecule has 0 aliphatic carbocycles. The molecule has 0 aliphatic heterocycles. The Kier molecular flexibility index (Phi) is 38.7. The van der Waals surface area contributed by atoms with Crippen LogP contribution in [0.3, 0.4) is 0 Å². The fourth-order valence-electron chi connectivity index (χ4n) is 6.61. The van der Waals surface area contributed by atoms with Gasteiger partial charge in [-0.25, -0.2) is 0 Å². The van der Waals surface area contributed by atoms with Crippen LogP contribution in [0.4, 0.5) is 0 Å². The van der Waals surface area contributed by atoms with Gasteiger partial charge in [0.1, 0.15) is 6.10 Å². The molecule has 0 saturated carbocycles. The zero-order valence-electron chi connectivity index (χ0n) is 32.8. The second-order valence-corrected chi connectivity index (χ2v) is 14.9. The number of nitrogens with one attached hydrogen (secondary N) is 1. The molecule has 0 rings (SSSR count). The second-order valence-electron chi connectivity index (χ2n) is 14.9. The van der Waals surface area contributed by atoms with E-state index >= 15 is 0 Å². The number of rotatable bonds is 39. The van der Waals surface area contributed by atoms with E-state index in [1.54, 1.807) is 6.08 Å². The lowest BCUT2D eigenvalue weighted by atomic mass is 10.0. The van der Waals surface area contributed by atoms with Crippen LogP contribution >= 0.6 is 0 Å². The van der Waals surface area contributed by atoms with Crippen LogP contribution in [0, 0.1) is 0 Å². The minimum Gasteiger partial charge on any atom is -0.394 e. The van der Waals surface area contributed by atoms with Crippen molar-refractivity contribution >= 4 is 5.91 Å². The third-order valence-electron chi connectivity index (χ3n) is 10.0. The molecule has 5 nitrogen and oxygen atoms in total. The Labute approximate surface area is 305 Å². The number of carbonyl (C=O) groups excluding carboxylic acids is 1. The minimum atomic E-state index is -1.10. The van der Waals surface area contributed by atoms with Crippen LogP contribution in [-0.4, -0.2) is 46.1 Å². The quantitative estimate of drug-likeness (QED) is 0.0381. The smallest absolute Gasteiger partial charge is 0.249 e. The Morgan fingerprint density at radius 3 is 1.24 bits per heavy atom. The van der Waals surface area contributed by atoms with Crippen LogP contribution in [0.15, 0.2) is 24.3 Å². The van der Waals surface area contributed by atoms with Gasteiger partial charge in [-0.3, -0.25) is 4.79 Å². The number of allylic oxidation sites excluding steroid dienone is 3. The molecule has 1 amide bonds. The standard InChI is InChI=1S/C44H85NO4/c1-3-5-7-9-11-13-14-15-16-17-18-19-20-21-22-23-24-25-26-27-28-29-31-33-35-37-39-43(48)44(49)45-41(40-46)42(47)38-36-34-32-30-12-10-8-6-4-2/h12,30,36,38,41-43,46-48H,3-11,13-29,31-35,37,39-40H2,1-2H3,(H,45,49)/b30-12+,38-36+. The third-order valence-corrected chi connectivity index (χ3v) is 10.0. The first-order valence-electron chi connectivity index (χ1n) is 21.7. The van der Waals surface area contributed by atoms with E-state index in [2.05, 4.69) is 31.3 Å². The largest absolute Gasteiger partial charge is 0.394 e. The van der Waals surface area contributed by atoms with Crippen LogP contribution in [0.5, 0.6) is 0 Å². The predicted octanol–water partition coefficient (Wildman–Crippen LogP) is 12.2. The average molecular weight is 692 g/mol. The van der Waals surface area contributed by atoms with Crippen molar-refractivity contribution in [2.24, 2.45) is 0 Å². The highest BCUT2D eigenvalue weighted by Crippen LogP contribution is 2.16. The fraction of sp³-hybridized carbons (Fsp3) is 0.886. The van der Waals surface area contributed by atoms with Gasteiger partial charge in [-0.05, 0) is 32.1 Å². The zero-order chi connectivity index (χ0) is 35.9. The monoisotopic (exact) mass is 692 g/mol. The minimum absolute atomic E-state index is 0.374. The summed E-state index contributed by atoms with van der Waals surface area (Å²) >= 11 is 0. The lowest BCUT2D eigenvalue weighted by Crippen LogP contribution is -2.48. The summed E-state index contributed by atoms with van der Waals surface area (Å²) in [5, 5.41) is 32.9. The van der Waals surface area contributed by atoms with Gasteiger partial charge in [0.05, 0.1) is 18.8 Å². The molecule has 4 N–H and O–H groups in total. The van der Waals surface area contributed by atoms with E-state index in [0.717, 1.165) is 38.5 Å². The first-order valence-corrected chi connectivity index (χ1v) is 21.7. The van der Waals surface area contributed by atoms with Gasteiger partial charge in [0, 0.05) is 0 Å². The van der Waals surface area contributed by atoms with Crippen molar-refractivity contribution in [2.45, 2.75) is 244 Å². The Morgan fingerprint density at radius 1 is 0.490 bits per heavy atom. The number of amides is 1. The molecular formula is C44H85NO4. The summed E-state index contributed by atoms with van der Waals surface area (Å²) in [6, 6.07) is -0.808. The highest BCUT2D eigenvalue weighted by molar-refractivity contribution is 5.80. The van der Waals surface area contributed by atoms with Crippen molar-refractivity contribution < 1.29 is 20.1 Å². The molecule has 0 heterocycles. The molecule has 49 heavy (non-hydrogen) atoms. The van der Waals surface area contributed by atoms with E-state index in [4.69, 9.17) is 0 Å². The van der Waals surface area contributed by atoms with Crippen molar-refractivity contribution in [3.8, 4) is 0 Å². The number of aliphatic hydroxyl groups excluding tert-OH is 3. The molecule has 0 aromatic rings. The summed E-state index contributed by atoms with van der Waals surface area (Å²) < 4.78 is 0. The molecule has 0 aromatic heterocycles. The van der Waals surface area contributed by atoms with Gasteiger partial charge in [0.25, 0.3) is 0 Å². The van der Waals surface area contributed by atoms with Crippen LogP contribution < -0.4 is 5.32 Å². The molecule has 3 unspecified atom stereocenters. The molecular weight excluding hydrogens is 606 g/mol. The van der Waals surface area contributed by atoms with Gasteiger partial charge in [-0.15, -0.1) is 0 Å². The highest BCUT2D eigenvalue weighted by Gasteiger charge is 2.22. The van der Waals surface area contributed by atoms with E-state index in [0.29, 0.717) is 6.42 Å². The summed E-state index contributed by atoms with van der Waals surface area (Å²) in [7, 11) is 0. The van der Waals surface area contributed by atoms with Gasteiger partial charge >= 0.3 is 0 Å². The number of carbonyl (C=O) groups is 1.